The van der Waals surface area contributed by atoms with E-state index in [0.29, 0.717) is 13.2 Å². The lowest BCUT2D eigenvalue weighted by atomic mass is 9.99. The summed E-state index contributed by atoms with van der Waals surface area (Å²) < 4.78 is 25.4. The zero-order valence-electron chi connectivity index (χ0n) is 13.8. The highest BCUT2D eigenvalue weighted by molar-refractivity contribution is 4.88. The van der Waals surface area contributed by atoms with E-state index < -0.39 is 43.6 Å². The van der Waals surface area contributed by atoms with E-state index in [0.717, 1.165) is 0 Å². The maximum absolute atomic E-state index is 9.76. The monoisotopic (exact) mass is 366 g/mol. The number of aliphatic hydroxyl groups excluding tert-OH is 5. The molecule has 1 aliphatic rings. The molecule has 10 nitrogen and oxygen atoms in total. The van der Waals surface area contributed by atoms with Crippen LogP contribution in [0.25, 0.3) is 0 Å². The second kappa shape index (κ2) is 12.5. The van der Waals surface area contributed by atoms with E-state index in [9.17, 15) is 20.4 Å². The Hall–Kier alpha value is -0.840. The third-order valence-corrected chi connectivity index (χ3v) is 3.33. The molecule has 0 bridgehead atoms. The molecule has 1 rings (SSSR count). The first kappa shape index (κ1) is 22.2. The standard InChI is InChI=1S/C15H26O10/c1-2-3-21-4-5-22-6-7-23-9-11(17)25-15-14(20)13(19)12(18)10(8-16)24-15/h1,10-20H,3-9H2/t10-,11?,12-,13+,14+,15-/m1/s1. The van der Waals surface area contributed by atoms with Crippen LogP contribution in [0.15, 0.2) is 0 Å². The van der Waals surface area contributed by atoms with E-state index in [1.165, 1.54) is 0 Å². The molecule has 0 aromatic carbocycles. The highest BCUT2D eigenvalue weighted by Gasteiger charge is 2.44. The average Bonchev–Trinajstić information content (AvgIpc) is 2.60. The van der Waals surface area contributed by atoms with Gasteiger partial charge in [0, 0.05) is 0 Å². The summed E-state index contributed by atoms with van der Waals surface area (Å²) >= 11 is 0. The van der Waals surface area contributed by atoms with Gasteiger partial charge in [-0.25, -0.2) is 0 Å². The minimum absolute atomic E-state index is 0.185. The van der Waals surface area contributed by atoms with Gasteiger partial charge in [-0.15, -0.1) is 6.42 Å². The topological polar surface area (TPSA) is 147 Å². The second-order valence-corrected chi connectivity index (χ2v) is 5.23. The Kier molecular flexibility index (Phi) is 11.1. The summed E-state index contributed by atoms with van der Waals surface area (Å²) in [5.74, 6) is 2.32. The number of hydrogen-bond donors (Lipinski definition) is 5. The molecular formula is C15H26O10. The van der Waals surface area contributed by atoms with Crippen molar-refractivity contribution < 1.29 is 49.2 Å². The van der Waals surface area contributed by atoms with E-state index in [1.807, 2.05) is 0 Å². The summed E-state index contributed by atoms with van der Waals surface area (Å²) in [4.78, 5) is 0. The fourth-order valence-electron chi connectivity index (χ4n) is 2.03. The molecule has 1 aliphatic heterocycles. The summed E-state index contributed by atoms with van der Waals surface area (Å²) in [7, 11) is 0. The van der Waals surface area contributed by atoms with Crippen LogP contribution in [0, 0.1) is 12.3 Å². The van der Waals surface area contributed by atoms with Gasteiger partial charge >= 0.3 is 0 Å². The van der Waals surface area contributed by atoms with Crippen molar-refractivity contribution >= 4 is 0 Å². The molecule has 25 heavy (non-hydrogen) atoms. The van der Waals surface area contributed by atoms with E-state index in [2.05, 4.69) is 5.92 Å². The first-order valence-corrected chi connectivity index (χ1v) is 7.82. The van der Waals surface area contributed by atoms with Crippen molar-refractivity contribution in [2.75, 3.05) is 46.2 Å². The van der Waals surface area contributed by atoms with Gasteiger partial charge in [0.2, 0.25) is 0 Å². The summed E-state index contributed by atoms with van der Waals surface area (Å²) in [6.45, 7) is 0.589. The van der Waals surface area contributed by atoms with Crippen LogP contribution in [-0.2, 0) is 23.7 Å². The zero-order valence-corrected chi connectivity index (χ0v) is 13.8. The van der Waals surface area contributed by atoms with Gasteiger partial charge in [-0.2, -0.15) is 0 Å². The number of terminal acetylenes is 1. The van der Waals surface area contributed by atoms with Crippen LogP contribution < -0.4 is 0 Å². The second-order valence-electron chi connectivity index (χ2n) is 5.23. The molecule has 1 saturated heterocycles. The van der Waals surface area contributed by atoms with E-state index in [4.69, 9.17) is 35.2 Å². The van der Waals surface area contributed by atoms with Crippen molar-refractivity contribution in [1.29, 1.82) is 0 Å². The van der Waals surface area contributed by atoms with Gasteiger partial charge in [0.25, 0.3) is 0 Å². The van der Waals surface area contributed by atoms with Gasteiger partial charge in [0.15, 0.2) is 12.6 Å². The minimum Gasteiger partial charge on any atom is -0.394 e. The molecule has 0 saturated carbocycles. The van der Waals surface area contributed by atoms with Gasteiger partial charge in [-0.3, -0.25) is 0 Å². The molecule has 0 aliphatic carbocycles. The Labute approximate surface area is 145 Å². The Balaban J connectivity index is 2.15. The average molecular weight is 366 g/mol. The molecule has 10 heteroatoms. The third kappa shape index (κ3) is 7.93. The molecule has 146 valence electrons. The minimum atomic E-state index is -1.58. The largest absolute Gasteiger partial charge is 0.394 e. The lowest BCUT2D eigenvalue weighted by Gasteiger charge is -2.40. The fraction of sp³-hybridized carbons (Fsp3) is 0.867. The smallest absolute Gasteiger partial charge is 0.189 e. The predicted molar refractivity (Wildman–Crippen MR) is 82.1 cm³/mol. The van der Waals surface area contributed by atoms with Crippen molar-refractivity contribution in [2.45, 2.75) is 37.0 Å². The van der Waals surface area contributed by atoms with Crippen molar-refractivity contribution in [3.05, 3.63) is 0 Å². The van der Waals surface area contributed by atoms with Gasteiger partial charge in [0.05, 0.1) is 39.6 Å². The molecule has 0 aromatic heterocycles. The predicted octanol–water partition coefficient (Wildman–Crippen LogP) is -3.20. The molecule has 1 fully saturated rings. The number of aliphatic hydroxyl groups is 5. The van der Waals surface area contributed by atoms with Crippen LogP contribution in [0.4, 0.5) is 0 Å². The van der Waals surface area contributed by atoms with Crippen LogP contribution in [-0.4, -0.2) is 109 Å². The SMILES string of the molecule is C#CCOCCOCCOCC(O)O[C@H]1O[C@H](CO)[C@@H](O)[C@H](O)[C@@H]1O. The van der Waals surface area contributed by atoms with Gasteiger partial charge in [-0.05, 0) is 0 Å². The zero-order chi connectivity index (χ0) is 18.7. The van der Waals surface area contributed by atoms with Gasteiger partial charge < -0.3 is 49.2 Å². The maximum Gasteiger partial charge on any atom is 0.189 e. The van der Waals surface area contributed by atoms with E-state index in [-0.39, 0.29) is 26.4 Å². The van der Waals surface area contributed by atoms with Gasteiger partial charge in [-0.1, -0.05) is 5.92 Å². The normalized spacial score (nSPS) is 30.8. The summed E-state index contributed by atoms with van der Waals surface area (Å²) in [6.07, 6.45) is -3.61. The molecule has 1 heterocycles. The fourth-order valence-corrected chi connectivity index (χ4v) is 2.03. The van der Waals surface area contributed by atoms with Crippen LogP contribution in [0.3, 0.4) is 0 Å². The Morgan fingerprint density at radius 3 is 2.24 bits per heavy atom. The van der Waals surface area contributed by atoms with E-state index in [1.54, 1.807) is 0 Å². The van der Waals surface area contributed by atoms with E-state index >= 15 is 0 Å². The molecular weight excluding hydrogens is 340 g/mol. The molecule has 0 amide bonds. The van der Waals surface area contributed by atoms with Crippen molar-refractivity contribution in [3.8, 4) is 12.3 Å². The van der Waals surface area contributed by atoms with Crippen molar-refractivity contribution in [1.82, 2.24) is 0 Å². The number of ether oxygens (including phenoxy) is 5. The van der Waals surface area contributed by atoms with Crippen LogP contribution in [0.1, 0.15) is 0 Å². The number of rotatable bonds is 12. The Morgan fingerprint density at radius 2 is 1.60 bits per heavy atom. The molecule has 5 N–H and O–H groups in total. The molecule has 1 unspecified atom stereocenters. The third-order valence-electron chi connectivity index (χ3n) is 3.33. The highest BCUT2D eigenvalue weighted by Crippen LogP contribution is 2.22. The molecule has 0 radical (unpaired) electrons. The molecule has 0 spiro atoms. The lowest BCUT2D eigenvalue weighted by Crippen LogP contribution is -2.59. The van der Waals surface area contributed by atoms with Crippen molar-refractivity contribution in [3.63, 3.8) is 0 Å². The van der Waals surface area contributed by atoms with Crippen molar-refractivity contribution in [2.24, 2.45) is 0 Å². The summed E-state index contributed by atoms with van der Waals surface area (Å²) in [6, 6.07) is 0. The summed E-state index contributed by atoms with van der Waals surface area (Å²) in [5, 5.41) is 47.8. The summed E-state index contributed by atoms with van der Waals surface area (Å²) in [5.41, 5.74) is 0. The first-order chi connectivity index (χ1) is 12.0. The van der Waals surface area contributed by atoms with Crippen LogP contribution in [0.5, 0.6) is 0 Å². The Bertz CT molecular complexity index is 385. The number of hydrogen-bond acceptors (Lipinski definition) is 10. The maximum atomic E-state index is 9.76. The molecule has 6 atom stereocenters. The van der Waals surface area contributed by atoms with Crippen LogP contribution in [0.2, 0.25) is 0 Å². The lowest BCUT2D eigenvalue weighted by molar-refractivity contribution is -0.335. The highest BCUT2D eigenvalue weighted by atomic mass is 16.8. The molecule has 0 aromatic rings. The first-order valence-electron chi connectivity index (χ1n) is 7.82. The Morgan fingerprint density at radius 1 is 0.960 bits per heavy atom. The van der Waals surface area contributed by atoms with Gasteiger partial charge in [0.1, 0.15) is 31.0 Å². The quantitative estimate of drug-likeness (QED) is 0.136. The van der Waals surface area contributed by atoms with Crippen LogP contribution >= 0.6 is 0 Å².